The maximum Gasteiger partial charge on any atom is 0.245 e. The van der Waals surface area contributed by atoms with E-state index < -0.39 is 0 Å². The molecule has 310 valence electrons. The topological polar surface area (TPSA) is 54.7 Å². The zero-order chi connectivity index (χ0) is 43.2. The highest BCUT2D eigenvalue weighted by Gasteiger charge is 2.41. The number of hydrogen-bond donors (Lipinski definition) is 1. The lowest BCUT2D eigenvalue weighted by atomic mass is 9.60. The van der Waals surface area contributed by atoms with Crippen molar-refractivity contribution in [3.63, 3.8) is 0 Å². The van der Waals surface area contributed by atoms with E-state index in [2.05, 4.69) is 193 Å². The number of nitrogens with one attached hydrogen (secondary N) is 1. The van der Waals surface area contributed by atoms with E-state index in [9.17, 15) is 0 Å². The lowest BCUT2D eigenvalue weighted by molar-refractivity contribution is 0.332. The first kappa shape index (κ1) is 38.1. The fourth-order valence-electron chi connectivity index (χ4n) is 10.8. The summed E-state index contributed by atoms with van der Waals surface area (Å²) >= 11 is 0. The van der Waals surface area contributed by atoms with E-state index in [-0.39, 0.29) is 16.2 Å². The molecule has 4 heterocycles. The van der Waals surface area contributed by atoms with Crippen molar-refractivity contribution in [2.24, 2.45) is 0 Å². The maximum atomic E-state index is 7.12. The van der Waals surface area contributed by atoms with Crippen molar-refractivity contribution in [1.29, 1.82) is 0 Å². The molecular formula is C57H51BN2O3. The molecule has 3 aromatic heterocycles. The quantitative estimate of drug-likeness (QED) is 0.179. The van der Waals surface area contributed by atoms with Crippen LogP contribution < -0.4 is 21.3 Å². The Hall–Kier alpha value is -6.66. The van der Waals surface area contributed by atoms with E-state index in [1.165, 1.54) is 22.3 Å². The average Bonchev–Trinajstić information content (AvgIpc) is 3.95. The lowest BCUT2D eigenvalue weighted by Crippen LogP contribution is -2.40. The highest BCUT2D eigenvalue weighted by atomic mass is 16.3. The molecule has 0 saturated carbocycles. The molecule has 5 nitrogen and oxygen atoms in total. The molecule has 0 saturated heterocycles. The Balaban J connectivity index is 1.22. The molecule has 12 rings (SSSR count). The Labute approximate surface area is 368 Å². The van der Waals surface area contributed by atoms with E-state index in [0.29, 0.717) is 7.28 Å². The van der Waals surface area contributed by atoms with Gasteiger partial charge in [-0.25, -0.2) is 0 Å². The summed E-state index contributed by atoms with van der Waals surface area (Å²) in [5.41, 5.74) is 19.4. The SMILES string of the molecule is Cc1cc2c(cc1N1c3c(oc4ccccc34)Bc3c(-c4c(Nc5ccc(C(C)(C)C)cc5)ccc5oc6ccccc6c45)cc4c(oc5ccccc54)c31)C(C)(C)CCC2(C)C. The first-order valence-corrected chi connectivity index (χ1v) is 22.5. The van der Waals surface area contributed by atoms with Crippen LogP contribution >= 0.6 is 0 Å². The molecule has 1 N–H and O–H groups in total. The number of benzene rings is 7. The van der Waals surface area contributed by atoms with Crippen LogP contribution in [-0.2, 0) is 16.2 Å². The van der Waals surface area contributed by atoms with Gasteiger partial charge in [-0.15, -0.1) is 0 Å². The molecule has 6 heteroatoms. The zero-order valence-electron chi connectivity index (χ0n) is 37.4. The Kier molecular flexibility index (Phi) is 7.96. The van der Waals surface area contributed by atoms with Crippen LogP contribution in [0.5, 0.6) is 0 Å². The maximum absolute atomic E-state index is 7.12. The third kappa shape index (κ3) is 5.69. The predicted octanol–water partition coefficient (Wildman–Crippen LogP) is 14.8. The van der Waals surface area contributed by atoms with Crippen molar-refractivity contribution in [2.75, 3.05) is 10.2 Å². The van der Waals surface area contributed by atoms with E-state index >= 15 is 0 Å². The van der Waals surface area contributed by atoms with Gasteiger partial charge in [-0.1, -0.05) is 115 Å². The van der Waals surface area contributed by atoms with Gasteiger partial charge in [0.05, 0.1) is 17.0 Å². The number of hydrogen-bond acceptors (Lipinski definition) is 5. The molecule has 0 bridgehead atoms. The van der Waals surface area contributed by atoms with Crippen LogP contribution in [0.15, 0.2) is 141 Å². The summed E-state index contributed by atoms with van der Waals surface area (Å²) in [4.78, 5) is 2.51. The first-order valence-electron chi connectivity index (χ1n) is 22.5. The van der Waals surface area contributed by atoms with E-state index in [4.69, 9.17) is 13.3 Å². The summed E-state index contributed by atoms with van der Waals surface area (Å²) in [7, 11) is 0.576. The van der Waals surface area contributed by atoms with Gasteiger partial charge < -0.3 is 23.5 Å². The van der Waals surface area contributed by atoms with Crippen LogP contribution in [-0.4, -0.2) is 7.28 Å². The molecule has 0 amide bonds. The summed E-state index contributed by atoms with van der Waals surface area (Å²) in [6.07, 6.45) is 2.28. The molecule has 10 aromatic rings. The normalized spacial score (nSPS) is 15.5. The second-order valence-electron chi connectivity index (χ2n) is 20.5. The van der Waals surface area contributed by atoms with Crippen molar-refractivity contribution < 1.29 is 13.3 Å². The number of fused-ring (bicyclic) bond motifs is 12. The zero-order valence-corrected chi connectivity index (χ0v) is 37.4. The van der Waals surface area contributed by atoms with Gasteiger partial charge in [0, 0.05) is 49.6 Å². The molecule has 63 heavy (non-hydrogen) atoms. The largest absolute Gasteiger partial charge is 0.469 e. The third-order valence-corrected chi connectivity index (χ3v) is 14.4. The van der Waals surface area contributed by atoms with Crippen molar-refractivity contribution >= 4 is 102 Å². The molecule has 0 spiro atoms. The minimum Gasteiger partial charge on any atom is -0.469 e. The minimum atomic E-state index is 0.00733. The van der Waals surface area contributed by atoms with Crippen molar-refractivity contribution in [3.8, 4) is 11.1 Å². The molecule has 0 fully saturated rings. The van der Waals surface area contributed by atoms with Gasteiger partial charge >= 0.3 is 0 Å². The standard InChI is InChI=1S/C57H51BN2O3/c1-32-29-40-41(57(7,8)28-27-56(40,5)6)31-43(32)60-51-37-17-11-14-20-46(37)63-54(51)58-50-39(30-38-35-15-9-12-18-44(35)62-53(38)52(50)60)48-42(59-34-23-21-33(22-24-34)55(2,3)4)25-26-47-49(48)36-16-10-13-19-45(36)61-47/h9-26,29-31,58-59H,27-28H2,1-8H3. The van der Waals surface area contributed by atoms with Gasteiger partial charge in [0.2, 0.25) is 7.28 Å². The third-order valence-electron chi connectivity index (χ3n) is 14.4. The molecule has 7 aromatic carbocycles. The average molecular weight is 823 g/mol. The highest BCUT2D eigenvalue weighted by molar-refractivity contribution is 6.73. The Morgan fingerprint density at radius 2 is 1.22 bits per heavy atom. The number of anilines is 5. The predicted molar refractivity (Wildman–Crippen MR) is 266 cm³/mol. The first-order chi connectivity index (χ1) is 30.2. The number of nitrogens with zero attached hydrogens (tertiary/aromatic N) is 1. The van der Waals surface area contributed by atoms with Gasteiger partial charge in [-0.3, -0.25) is 0 Å². The van der Waals surface area contributed by atoms with Crippen LogP contribution in [0.1, 0.15) is 83.6 Å². The van der Waals surface area contributed by atoms with Gasteiger partial charge in [0.25, 0.3) is 0 Å². The van der Waals surface area contributed by atoms with Crippen LogP contribution in [0.2, 0.25) is 0 Å². The fraction of sp³-hybridized carbons (Fsp3) is 0.228. The second-order valence-corrected chi connectivity index (χ2v) is 20.5. The van der Waals surface area contributed by atoms with E-state index in [1.54, 1.807) is 0 Å². The molecule has 0 atom stereocenters. The summed E-state index contributed by atoms with van der Waals surface area (Å²) in [5, 5.41) is 9.32. The summed E-state index contributed by atoms with van der Waals surface area (Å²) < 4.78 is 20.8. The number of aryl methyl sites for hydroxylation is 1. The Bertz CT molecular complexity index is 3520. The smallest absolute Gasteiger partial charge is 0.245 e. The van der Waals surface area contributed by atoms with Gasteiger partial charge in [-0.05, 0) is 130 Å². The van der Waals surface area contributed by atoms with Crippen LogP contribution in [0, 0.1) is 6.92 Å². The van der Waals surface area contributed by atoms with Crippen molar-refractivity contribution in [3.05, 3.63) is 150 Å². The number of para-hydroxylation sites is 3. The number of furan rings is 3. The fourth-order valence-corrected chi connectivity index (χ4v) is 10.8. The summed E-state index contributed by atoms with van der Waals surface area (Å²) in [5.74, 6) is 0. The molecular weight excluding hydrogens is 771 g/mol. The summed E-state index contributed by atoms with van der Waals surface area (Å²) in [6, 6.07) is 46.0. The molecule has 0 radical (unpaired) electrons. The Morgan fingerprint density at radius 3 is 1.92 bits per heavy atom. The number of rotatable bonds is 4. The second kappa shape index (κ2) is 13.2. The van der Waals surface area contributed by atoms with Crippen molar-refractivity contribution in [1.82, 2.24) is 0 Å². The van der Waals surface area contributed by atoms with Crippen LogP contribution in [0.25, 0.3) is 66.0 Å². The van der Waals surface area contributed by atoms with E-state index in [0.717, 1.165) is 118 Å². The minimum absolute atomic E-state index is 0.00733. The molecule has 0 unspecified atom stereocenters. The van der Waals surface area contributed by atoms with E-state index in [1.807, 2.05) is 0 Å². The molecule has 1 aliphatic heterocycles. The Morgan fingerprint density at radius 1 is 0.603 bits per heavy atom. The van der Waals surface area contributed by atoms with Crippen LogP contribution in [0.3, 0.4) is 0 Å². The van der Waals surface area contributed by atoms with Gasteiger partial charge in [0.1, 0.15) is 22.3 Å². The molecule has 2 aliphatic rings. The summed E-state index contributed by atoms with van der Waals surface area (Å²) in [6.45, 7) is 18.7. The molecule has 1 aliphatic carbocycles. The monoisotopic (exact) mass is 822 g/mol. The van der Waals surface area contributed by atoms with Crippen LogP contribution in [0.4, 0.5) is 28.4 Å². The van der Waals surface area contributed by atoms with Crippen molar-refractivity contribution in [2.45, 2.75) is 84.5 Å². The highest BCUT2D eigenvalue weighted by Crippen LogP contribution is 2.53. The lowest BCUT2D eigenvalue weighted by Gasteiger charge is -2.43. The van der Waals surface area contributed by atoms with Gasteiger partial charge in [0.15, 0.2) is 5.58 Å². The van der Waals surface area contributed by atoms with Gasteiger partial charge in [-0.2, -0.15) is 0 Å².